The van der Waals surface area contributed by atoms with E-state index < -0.39 is 0 Å². The van der Waals surface area contributed by atoms with E-state index in [2.05, 4.69) is 114 Å². The molecule has 0 aliphatic heterocycles. The van der Waals surface area contributed by atoms with Gasteiger partial charge in [-0.2, -0.15) is 0 Å². The molecule has 0 radical (unpaired) electrons. The van der Waals surface area contributed by atoms with Crippen LogP contribution in [0.5, 0.6) is 0 Å². The molecular formula is C34H19NO. The van der Waals surface area contributed by atoms with Crippen LogP contribution in [0.1, 0.15) is 0 Å². The number of para-hydroxylation sites is 2. The molecule has 1 aliphatic rings. The Balaban J connectivity index is 1.52. The van der Waals surface area contributed by atoms with E-state index in [0.29, 0.717) is 0 Å². The lowest BCUT2D eigenvalue weighted by Gasteiger charge is -2.14. The van der Waals surface area contributed by atoms with Gasteiger partial charge in [0.2, 0.25) is 0 Å². The zero-order valence-corrected chi connectivity index (χ0v) is 19.3. The molecule has 8 aromatic rings. The summed E-state index contributed by atoms with van der Waals surface area (Å²) in [5.74, 6) is 0. The first-order valence-electron chi connectivity index (χ1n) is 12.4. The monoisotopic (exact) mass is 457 g/mol. The van der Waals surface area contributed by atoms with Crippen molar-refractivity contribution in [2.75, 3.05) is 0 Å². The van der Waals surface area contributed by atoms with Gasteiger partial charge >= 0.3 is 0 Å². The lowest BCUT2D eigenvalue weighted by atomic mass is 10.0. The predicted molar refractivity (Wildman–Crippen MR) is 150 cm³/mol. The smallest absolute Gasteiger partial charge is 0.137 e. The maximum atomic E-state index is 6.31. The Morgan fingerprint density at radius 1 is 0.417 bits per heavy atom. The lowest BCUT2D eigenvalue weighted by Crippen LogP contribution is -1.96. The molecule has 0 amide bonds. The van der Waals surface area contributed by atoms with Crippen LogP contribution in [0.2, 0.25) is 0 Å². The molecule has 0 N–H and O–H groups in total. The number of nitrogens with zero attached hydrogens (tertiary/aromatic N) is 1. The summed E-state index contributed by atoms with van der Waals surface area (Å²) in [7, 11) is 0. The second-order valence-corrected chi connectivity index (χ2v) is 9.69. The van der Waals surface area contributed by atoms with Gasteiger partial charge in [0.05, 0.1) is 22.1 Å². The predicted octanol–water partition coefficient (Wildman–Crippen LogP) is 9.48. The Bertz CT molecular complexity index is 2180. The van der Waals surface area contributed by atoms with Crippen LogP contribution in [0.4, 0.5) is 0 Å². The van der Waals surface area contributed by atoms with Crippen molar-refractivity contribution in [2.45, 2.75) is 0 Å². The van der Waals surface area contributed by atoms with Gasteiger partial charge in [0.15, 0.2) is 0 Å². The summed E-state index contributed by atoms with van der Waals surface area (Å²) < 4.78 is 8.77. The standard InChI is InChI=1S/C34H19NO/c1-2-9-21-20(8-1)23-12-7-13-26-29(18-16-24(21)32(23)26)35-28-14-5-3-10-22(28)25-17-19-31-33(34(25)35)27-11-4-6-15-30(27)36-31/h1-19H. The summed E-state index contributed by atoms with van der Waals surface area (Å²) >= 11 is 0. The minimum absolute atomic E-state index is 0.922. The fourth-order valence-corrected chi connectivity index (χ4v) is 6.50. The van der Waals surface area contributed by atoms with E-state index in [1.165, 1.54) is 65.9 Å². The van der Waals surface area contributed by atoms with E-state index in [-0.39, 0.29) is 0 Å². The molecule has 2 aromatic heterocycles. The van der Waals surface area contributed by atoms with E-state index in [1.54, 1.807) is 0 Å². The van der Waals surface area contributed by atoms with Crippen molar-refractivity contribution in [3.8, 4) is 27.9 Å². The molecule has 0 bridgehead atoms. The van der Waals surface area contributed by atoms with E-state index in [9.17, 15) is 0 Å². The number of fused-ring (bicyclic) bond motifs is 10. The van der Waals surface area contributed by atoms with Crippen LogP contribution in [0.3, 0.4) is 0 Å². The van der Waals surface area contributed by atoms with Crippen molar-refractivity contribution >= 4 is 54.5 Å². The fraction of sp³-hybridized carbons (Fsp3) is 0. The van der Waals surface area contributed by atoms with Crippen LogP contribution in [-0.4, -0.2) is 4.57 Å². The van der Waals surface area contributed by atoms with Crippen LogP contribution < -0.4 is 0 Å². The van der Waals surface area contributed by atoms with Crippen LogP contribution in [0.25, 0.3) is 82.5 Å². The first-order chi connectivity index (χ1) is 17.9. The van der Waals surface area contributed by atoms with Crippen molar-refractivity contribution in [1.82, 2.24) is 4.57 Å². The molecule has 2 heterocycles. The van der Waals surface area contributed by atoms with Gasteiger partial charge in [0, 0.05) is 21.5 Å². The molecule has 1 aliphatic carbocycles. The molecule has 2 heteroatoms. The molecule has 0 unspecified atom stereocenters. The Morgan fingerprint density at radius 3 is 2.00 bits per heavy atom. The van der Waals surface area contributed by atoms with Crippen molar-refractivity contribution in [3.05, 3.63) is 115 Å². The van der Waals surface area contributed by atoms with E-state index >= 15 is 0 Å². The molecule has 6 aromatic carbocycles. The zero-order chi connectivity index (χ0) is 23.4. The second-order valence-electron chi connectivity index (χ2n) is 9.69. The molecule has 0 fully saturated rings. The second kappa shape index (κ2) is 6.44. The molecule has 0 atom stereocenters. The van der Waals surface area contributed by atoms with Crippen LogP contribution in [0, 0.1) is 0 Å². The Hall–Kier alpha value is -4.82. The van der Waals surface area contributed by atoms with Gasteiger partial charge in [-0.25, -0.2) is 0 Å². The van der Waals surface area contributed by atoms with Gasteiger partial charge in [-0.1, -0.05) is 84.9 Å². The maximum Gasteiger partial charge on any atom is 0.137 e. The van der Waals surface area contributed by atoms with Gasteiger partial charge in [0.1, 0.15) is 11.2 Å². The average molecular weight is 458 g/mol. The summed E-state index contributed by atoms with van der Waals surface area (Å²) in [5, 5.41) is 7.44. The maximum absolute atomic E-state index is 6.31. The topological polar surface area (TPSA) is 18.1 Å². The third-order valence-corrected chi connectivity index (χ3v) is 7.94. The molecule has 2 nitrogen and oxygen atoms in total. The molecule has 36 heavy (non-hydrogen) atoms. The largest absolute Gasteiger partial charge is 0.456 e. The number of aromatic nitrogens is 1. The SMILES string of the molecule is c1ccc2c(c1)-c1cccc3c(-n4c5ccccc5c5ccc6oc7ccccc7c6c54)ccc-2c13. The highest BCUT2D eigenvalue weighted by Gasteiger charge is 2.24. The molecule has 9 rings (SSSR count). The third kappa shape index (κ3) is 2.14. The normalized spacial score (nSPS) is 12.4. The Labute approximate surface area is 206 Å². The van der Waals surface area contributed by atoms with Gasteiger partial charge in [-0.15, -0.1) is 0 Å². The molecule has 0 saturated heterocycles. The lowest BCUT2D eigenvalue weighted by molar-refractivity contribution is 0.669. The Kier molecular flexibility index (Phi) is 3.31. The minimum Gasteiger partial charge on any atom is -0.456 e. The molecule has 0 spiro atoms. The first kappa shape index (κ1) is 18.5. The number of hydrogen-bond donors (Lipinski definition) is 0. The first-order valence-corrected chi connectivity index (χ1v) is 12.4. The molecule has 166 valence electrons. The highest BCUT2D eigenvalue weighted by atomic mass is 16.3. The van der Waals surface area contributed by atoms with Crippen molar-refractivity contribution in [2.24, 2.45) is 0 Å². The van der Waals surface area contributed by atoms with Crippen LogP contribution in [0.15, 0.2) is 120 Å². The number of furan rings is 1. The van der Waals surface area contributed by atoms with Crippen molar-refractivity contribution in [3.63, 3.8) is 0 Å². The average Bonchev–Trinajstić information content (AvgIpc) is 3.58. The zero-order valence-electron chi connectivity index (χ0n) is 19.3. The summed E-state index contributed by atoms with van der Waals surface area (Å²) in [5.41, 5.74) is 10.7. The quantitative estimate of drug-likeness (QED) is 0.240. The van der Waals surface area contributed by atoms with E-state index in [1.807, 2.05) is 6.07 Å². The minimum atomic E-state index is 0.922. The highest BCUT2D eigenvalue weighted by molar-refractivity contribution is 6.25. The van der Waals surface area contributed by atoms with Gasteiger partial charge in [-0.3, -0.25) is 0 Å². The van der Waals surface area contributed by atoms with Crippen molar-refractivity contribution < 1.29 is 4.42 Å². The highest BCUT2D eigenvalue weighted by Crippen LogP contribution is 2.49. The molecule has 0 saturated carbocycles. The summed E-state index contributed by atoms with van der Waals surface area (Å²) in [6.45, 7) is 0. The third-order valence-electron chi connectivity index (χ3n) is 7.94. The van der Waals surface area contributed by atoms with E-state index in [4.69, 9.17) is 4.42 Å². The summed E-state index contributed by atoms with van der Waals surface area (Å²) in [6.07, 6.45) is 0. The van der Waals surface area contributed by atoms with Gasteiger partial charge in [0.25, 0.3) is 0 Å². The summed E-state index contributed by atoms with van der Waals surface area (Å²) in [4.78, 5) is 0. The van der Waals surface area contributed by atoms with Crippen LogP contribution in [-0.2, 0) is 0 Å². The number of benzene rings is 6. The van der Waals surface area contributed by atoms with Gasteiger partial charge < -0.3 is 8.98 Å². The Morgan fingerprint density at radius 2 is 1.11 bits per heavy atom. The molecular weight excluding hydrogens is 438 g/mol. The van der Waals surface area contributed by atoms with Crippen molar-refractivity contribution in [1.29, 1.82) is 0 Å². The van der Waals surface area contributed by atoms with Crippen LogP contribution >= 0.6 is 0 Å². The van der Waals surface area contributed by atoms with E-state index in [0.717, 1.165) is 16.6 Å². The number of hydrogen-bond acceptors (Lipinski definition) is 1. The number of rotatable bonds is 1. The summed E-state index contributed by atoms with van der Waals surface area (Å²) in [6, 6.07) is 41.6. The van der Waals surface area contributed by atoms with Gasteiger partial charge in [-0.05, 0) is 58.0 Å². The fourth-order valence-electron chi connectivity index (χ4n) is 6.50.